The number of hydrogen-bond acceptors (Lipinski definition) is 3. The Bertz CT molecular complexity index is 196. The number of carbonyl (C=O) groups is 1. The Morgan fingerprint density at radius 1 is 1.69 bits per heavy atom. The first-order valence-electron chi connectivity index (χ1n) is 4.79. The zero-order chi connectivity index (χ0) is 9.90. The minimum absolute atomic E-state index is 0.339. The molecule has 0 aromatic rings. The fourth-order valence-electron chi connectivity index (χ4n) is 1.86. The lowest BCUT2D eigenvalue weighted by atomic mass is 9.82. The SMILES string of the molecule is CCSC1CCCC(N)(C(N)=O)C1. The minimum atomic E-state index is -0.731. The Balaban J connectivity index is 2.54. The second kappa shape index (κ2) is 4.33. The van der Waals surface area contributed by atoms with Crippen LogP contribution in [0.5, 0.6) is 0 Å². The zero-order valence-electron chi connectivity index (χ0n) is 8.08. The van der Waals surface area contributed by atoms with E-state index in [0.29, 0.717) is 5.25 Å². The highest BCUT2D eigenvalue weighted by molar-refractivity contribution is 7.99. The maximum absolute atomic E-state index is 11.1. The van der Waals surface area contributed by atoms with Gasteiger partial charge in [-0.05, 0) is 31.4 Å². The van der Waals surface area contributed by atoms with Crippen LogP contribution in [-0.2, 0) is 4.79 Å². The van der Waals surface area contributed by atoms with Crippen LogP contribution in [0.15, 0.2) is 0 Å². The van der Waals surface area contributed by atoms with Crippen LogP contribution in [-0.4, -0.2) is 22.4 Å². The van der Waals surface area contributed by atoms with E-state index in [1.807, 2.05) is 11.8 Å². The van der Waals surface area contributed by atoms with E-state index < -0.39 is 5.54 Å². The van der Waals surface area contributed by atoms with Crippen LogP contribution in [0.1, 0.15) is 32.6 Å². The van der Waals surface area contributed by atoms with Gasteiger partial charge in [0.1, 0.15) is 0 Å². The van der Waals surface area contributed by atoms with Gasteiger partial charge in [0.15, 0.2) is 0 Å². The summed E-state index contributed by atoms with van der Waals surface area (Å²) in [6.07, 6.45) is 3.70. The van der Waals surface area contributed by atoms with Gasteiger partial charge in [-0.15, -0.1) is 0 Å². The van der Waals surface area contributed by atoms with E-state index in [-0.39, 0.29) is 5.91 Å². The fourth-order valence-corrected chi connectivity index (χ4v) is 3.08. The molecule has 3 nitrogen and oxygen atoms in total. The summed E-state index contributed by atoms with van der Waals surface area (Å²) in [6.45, 7) is 2.13. The molecule has 0 spiro atoms. The van der Waals surface area contributed by atoms with Crippen molar-refractivity contribution < 1.29 is 4.79 Å². The number of hydrogen-bond donors (Lipinski definition) is 2. The molecule has 1 rings (SSSR count). The van der Waals surface area contributed by atoms with Crippen LogP contribution in [0.3, 0.4) is 0 Å². The first-order chi connectivity index (χ1) is 6.08. The summed E-state index contributed by atoms with van der Waals surface area (Å²) in [4.78, 5) is 11.1. The Morgan fingerprint density at radius 2 is 2.38 bits per heavy atom. The lowest BCUT2D eigenvalue weighted by Gasteiger charge is -2.34. The summed E-state index contributed by atoms with van der Waals surface area (Å²) in [6, 6.07) is 0. The first kappa shape index (κ1) is 10.9. The molecule has 0 radical (unpaired) electrons. The molecule has 2 unspecified atom stereocenters. The summed E-state index contributed by atoms with van der Waals surface area (Å²) >= 11 is 1.88. The van der Waals surface area contributed by atoms with Crippen LogP contribution >= 0.6 is 11.8 Å². The van der Waals surface area contributed by atoms with E-state index >= 15 is 0 Å². The average Bonchev–Trinajstić information content (AvgIpc) is 2.04. The van der Waals surface area contributed by atoms with Gasteiger partial charge in [0.25, 0.3) is 0 Å². The molecular formula is C9H18N2OS. The monoisotopic (exact) mass is 202 g/mol. The van der Waals surface area contributed by atoms with Crippen LogP contribution in [0.2, 0.25) is 0 Å². The Hall–Kier alpha value is -0.220. The van der Waals surface area contributed by atoms with Gasteiger partial charge in [-0.2, -0.15) is 11.8 Å². The average molecular weight is 202 g/mol. The number of carbonyl (C=O) groups excluding carboxylic acids is 1. The van der Waals surface area contributed by atoms with Crippen molar-refractivity contribution in [1.82, 2.24) is 0 Å². The molecule has 1 fully saturated rings. The molecule has 13 heavy (non-hydrogen) atoms. The largest absolute Gasteiger partial charge is 0.368 e. The molecule has 0 aromatic heterocycles. The molecular weight excluding hydrogens is 184 g/mol. The molecule has 0 aliphatic heterocycles. The van der Waals surface area contributed by atoms with Crippen molar-refractivity contribution in [1.29, 1.82) is 0 Å². The van der Waals surface area contributed by atoms with Gasteiger partial charge in [0, 0.05) is 5.25 Å². The maximum atomic E-state index is 11.1. The molecule has 0 heterocycles. The third-order valence-corrected chi connectivity index (χ3v) is 3.84. The Labute approximate surface area is 83.6 Å². The quantitative estimate of drug-likeness (QED) is 0.713. The van der Waals surface area contributed by atoms with Crippen molar-refractivity contribution in [2.45, 2.75) is 43.4 Å². The summed E-state index contributed by atoms with van der Waals surface area (Å²) in [5, 5.41) is 0.524. The van der Waals surface area contributed by atoms with Gasteiger partial charge in [0.05, 0.1) is 5.54 Å². The van der Waals surface area contributed by atoms with Crippen molar-refractivity contribution in [2.75, 3.05) is 5.75 Å². The third-order valence-electron chi connectivity index (χ3n) is 2.63. The van der Waals surface area contributed by atoms with E-state index in [1.165, 1.54) is 6.42 Å². The molecule has 1 saturated carbocycles. The van der Waals surface area contributed by atoms with E-state index in [1.54, 1.807) is 0 Å². The summed E-state index contributed by atoms with van der Waals surface area (Å²) in [5.74, 6) is 0.744. The van der Waals surface area contributed by atoms with Gasteiger partial charge < -0.3 is 11.5 Å². The molecule has 1 amide bonds. The standard InChI is InChI=1S/C9H18N2OS/c1-2-13-7-4-3-5-9(11,6-7)8(10)12/h7H,2-6,11H2,1H3,(H2,10,12). The summed E-state index contributed by atoms with van der Waals surface area (Å²) < 4.78 is 0. The second-order valence-corrected chi connectivity index (χ2v) is 5.27. The van der Waals surface area contributed by atoms with Gasteiger partial charge in [-0.25, -0.2) is 0 Å². The van der Waals surface area contributed by atoms with Crippen molar-refractivity contribution in [3.8, 4) is 0 Å². The third kappa shape index (κ3) is 2.61. The number of primary amides is 1. The fraction of sp³-hybridized carbons (Fsp3) is 0.889. The van der Waals surface area contributed by atoms with Crippen LogP contribution in [0.4, 0.5) is 0 Å². The Kier molecular flexibility index (Phi) is 3.62. The van der Waals surface area contributed by atoms with Crippen molar-refractivity contribution in [3.63, 3.8) is 0 Å². The van der Waals surface area contributed by atoms with Gasteiger partial charge >= 0.3 is 0 Å². The highest BCUT2D eigenvalue weighted by Gasteiger charge is 2.37. The lowest BCUT2D eigenvalue weighted by molar-refractivity contribution is -0.124. The molecule has 76 valence electrons. The molecule has 2 atom stereocenters. The van der Waals surface area contributed by atoms with Gasteiger partial charge in [-0.3, -0.25) is 4.79 Å². The molecule has 0 saturated heterocycles. The topological polar surface area (TPSA) is 69.1 Å². The predicted molar refractivity (Wildman–Crippen MR) is 56.5 cm³/mol. The summed E-state index contributed by atoms with van der Waals surface area (Å²) in [7, 11) is 0. The zero-order valence-corrected chi connectivity index (χ0v) is 8.90. The number of rotatable bonds is 3. The highest BCUT2D eigenvalue weighted by atomic mass is 32.2. The Morgan fingerprint density at radius 3 is 2.92 bits per heavy atom. The van der Waals surface area contributed by atoms with Crippen LogP contribution in [0.25, 0.3) is 0 Å². The second-order valence-electron chi connectivity index (χ2n) is 3.69. The van der Waals surface area contributed by atoms with E-state index in [0.717, 1.165) is 25.0 Å². The van der Waals surface area contributed by atoms with Crippen molar-refractivity contribution in [2.24, 2.45) is 11.5 Å². The molecule has 0 bridgehead atoms. The van der Waals surface area contributed by atoms with E-state index in [2.05, 4.69) is 6.92 Å². The molecule has 0 aromatic carbocycles. The molecule has 1 aliphatic carbocycles. The van der Waals surface area contributed by atoms with Gasteiger partial charge in [0.2, 0.25) is 5.91 Å². The predicted octanol–water partition coefficient (Wildman–Crippen LogP) is 0.865. The lowest BCUT2D eigenvalue weighted by Crippen LogP contribution is -2.55. The molecule has 4 heteroatoms. The van der Waals surface area contributed by atoms with Crippen LogP contribution in [0, 0.1) is 0 Å². The molecule has 4 N–H and O–H groups in total. The minimum Gasteiger partial charge on any atom is -0.368 e. The first-order valence-corrected chi connectivity index (χ1v) is 5.84. The van der Waals surface area contributed by atoms with Crippen LogP contribution < -0.4 is 11.5 Å². The maximum Gasteiger partial charge on any atom is 0.237 e. The van der Waals surface area contributed by atoms with Crippen molar-refractivity contribution in [3.05, 3.63) is 0 Å². The smallest absolute Gasteiger partial charge is 0.237 e. The van der Waals surface area contributed by atoms with Crippen molar-refractivity contribution >= 4 is 17.7 Å². The number of nitrogens with two attached hydrogens (primary N) is 2. The van der Waals surface area contributed by atoms with Gasteiger partial charge in [-0.1, -0.05) is 6.92 Å². The highest BCUT2D eigenvalue weighted by Crippen LogP contribution is 2.33. The number of thioether (sulfide) groups is 1. The molecule has 1 aliphatic rings. The number of amides is 1. The van der Waals surface area contributed by atoms with E-state index in [9.17, 15) is 4.79 Å². The normalized spacial score (nSPS) is 34.5. The van der Waals surface area contributed by atoms with E-state index in [4.69, 9.17) is 11.5 Å². The summed E-state index contributed by atoms with van der Waals surface area (Å²) in [5.41, 5.74) is 10.5.